The van der Waals surface area contributed by atoms with Crippen LogP contribution < -0.4 is 0 Å². The largest absolute Gasteiger partial charge is 0.373 e. The van der Waals surface area contributed by atoms with Crippen LogP contribution in [0.25, 0.3) is 0 Å². The van der Waals surface area contributed by atoms with Crippen molar-refractivity contribution in [2.45, 2.75) is 72.1 Å². The van der Waals surface area contributed by atoms with Gasteiger partial charge in [0.05, 0.1) is 12.2 Å². The fraction of sp³-hybridized carbons (Fsp3) is 0.632. The number of unbranched alkanes of at least 4 members (excludes halogenated alkanes) is 7. The van der Waals surface area contributed by atoms with Crippen LogP contribution in [0.4, 0.5) is 0 Å². The van der Waals surface area contributed by atoms with E-state index in [-0.39, 0.29) is 0 Å². The predicted molar refractivity (Wildman–Crippen MR) is 89.9 cm³/mol. The molecule has 0 aliphatic heterocycles. The third-order valence-corrected chi connectivity index (χ3v) is 4.04. The summed E-state index contributed by atoms with van der Waals surface area (Å²) in [5, 5.41) is 0. The highest BCUT2D eigenvalue weighted by Gasteiger charge is 2.12. The SMILES string of the molecule is CCCCCCCCCCOOC(=O)c1cccc(C)c1C. The van der Waals surface area contributed by atoms with Crippen molar-refractivity contribution in [3.63, 3.8) is 0 Å². The first-order chi connectivity index (χ1) is 10.7. The van der Waals surface area contributed by atoms with Gasteiger partial charge in [0, 0.05) is 0 Å². The molecule has 0 fully saturated rings. The molecule has 3 nitrogen and oxygen atoms in total. The zero-order chi connectivity index (χ0) is 16.2. The number of benzene rings is 1. The van der Waals surface area contributed by atoms with Crippen molar-refractivity contribution in [1.82, 2.24) is 0 Å². The highest BCUT2D eigenvalue weighted by atomic mass is 17.2. The third kappa shape index (κ3) is 7.08. The van der Waals surface area contributed by atoms with Gasteiger partial charge >= 0.3 is 5.97 Å². The second-order valence-corrected chi connectivity index (χ2v) is 5.92. The molecule has 124 valence electrons. The number of hydrogen-bond acceptors (Lipinski definition) is 3. The van der Waals surface area contributed by atoms with E-state index in [1.165, 1.54) is 38.5 Å². The number of aryl methyl sites for hydroxylation is 1. The van der Waals surface area contributed by atoms with Gasteiger partial charge in [-0.3, -0.25) is 4.89 Å². The van der Waals surface area contributed by atoms with E-state index in [1.807, 2.05) is 26.0 Å². The van der Waals surface area contributed by atoms with Crippen LogP contribution in [-0.2, 0) is 9.78 Å². The first-order valence-corrected chi connectivity index (χ1v) is 8.56. The lowest BCUT2D eigenvalue weighted by Gasteiger charge is -2.07. The minimum atomic E-state index is -0.402. The van der Waals surface area contributed by atoms with Gasteiger partial charge in [-0.2, -0.15) is 4.89 Å². The number of hydrogen-bond donors (Lipinski definition) is 0. The van der Waals surface area contributed by atoms with Crippen LogP contribution in [0.1, 0.15) is 79.8 Å². The molecular weight excluding hydrogens is 276 g/mol. The number of carbonyl (C=O) groups is 1. The summed E-state index contributed by atoms with van der Waals surface area (Å²) in [5.41, 5.74) is 2.61. The molecule has 0 bridgehead atoms. The Kier molecular flexibility index (Phi) is 9.56. The fourth-order valence-electron chi connectivity index (χ4n) is 2.41. The van der Waals surface area contributed by atoms with Crippen molar-refractivity contribution in [3.8, 4) is 0 Å². The maximum atomic E-state index is 11.9. The van der Waals surface area contributed by atoms with Crippen molar-refractivity contribution >= 4 is 5.97 Å². The Morgan fingerprint density at radius 2 is 1.59 bits per heavy atom. The summed E-state index contributed by atoms with van der Waals surface area (Å²) in [6.07, 6.45) is 9.91. The maximum absolute atomic E-state index is 11.9. The molecule has 0 atom stereocenters. The van der Waals surface area contributed by atoms with E-state index in [2.05, 4.69) is 6.92 Å². The average molecular weight is 306 g/mol. The van der Waals surface area contributed by atoms with E-state index in [1.54, 1.807) is 6.07 Å². The van der Waals surface area contributed by atoms with Crippen LogP contribution in [0.3, 0.4) is 0 Å². The van der Waals surface area contributed by atoms with E-state index in [0.717, 1.165) is 24.0 Å². The highest BCUT2D eigenvalue weighted by Crippen LogP contribution is 2.14. The van der Waals surface area contributed by atoms with Gasteiger partial charge in [-0.15, -0.1) is 0 Å². The Hall–Kier alpha value is -1.35. The van der Waals surface area contributed by atoms with E-state index >= 15 is 0 Å². The summed E-state index contributed by atoms with van der Waals surface area (Å²) in [6, 6.07) is 5.61. The van der Waals surface area contributed by atoms with Gasteiger partial charge in [0.25, 0.3) is 0 Å². The lowest BCUT2D eigenvalue weighted by atomic mass is 10.0. The maximum Gasteiger partial charge on any atom is 0.373 e. The van der Waals surface area contributed by atoms with Gasteiger partial charge in [0.15, 0.2) is 0 Å². The highest BCUT2D eigenvalue weighted by molar-refractivity contribution is 5.90. The van der Waals surface area contributed by atoms with Gasteiger partial charge < -0.3 is 0 Å². The summed E-state index contributed by atoms with van der Waals surface area (Å²) < 4.78 is 0. The van der Waals surface area contributed by atoms with Crippen molar-refractivity contribution in [1.29, 1.82) is 0 Å². The van der Waals surface area contributed by atoms with Gasteiger partial charge in [0.1, 0.15) is 0 Å². The monoisotopic (exact) mass is 306 g/mol. The molecule has 22 heavy (non-hydrogen) atoms. The van der Waals surface area contributed by atoms with Crippen LogP contribution in [0.5, 0.6) is 0 Å². The minimum absolute atomic E-state index is 0.402. The first-order valence-electron chi connectivity index (χ1n) is 8.56. The Bertz CT molecular complexity index is 440. The lowest BCUT2D eigenvalue weighted by molar-refractivity contribution is -0.241. The van der Waals surface area contributed by atoms with Crippen LogP contribution >= 0.6 is 0 Å². The lowest BCUT2D eigenvalue weighted by Crippen LogP contribution is -2.09. The van der Waals surface area contributed by atoms with Crippen LogP contribution in [0.15, 0.2) is 18.2 Å². The van der Waals surface area contributed by atoms with Gasteiger partial charge in [-0.25, -0.2) is 4.79 Å². The molecule has 0 saturated heterocycles. The quantitative estimate of drug-likeness (QED) is 0.306. The van der Waals surface area contributed by atoms with E-state index in [0.29, 0.717) is 12.2 Å². The minimum Gasteiger partial charge on any atom is -0.293 e. The van der Waals surface area contributed by atoms with E-state index in [9.17, 15) is 4.79 Å². The summed E-state index contributed by atoms with van der Waals surface area (Å²) in [6.45, 7) is 6.61. The van der Waals surface area contributed by atoms with E-state index < -0.39 is 5.97 Å². The summed E-state index contributed by atoms with van der Waals surface area (Å²) in [4.78, 5) is 21.8. The van der Waals surface area contributed by atoms with Crippen molar-refractivity contribution in [2.24, 2.45) is 0 Å². The molecule has 0 aliphatic carbocycles. The molecule has 0 unspecified atom stereocenters. The Morgan fingerprint density at radius 3 is 2.27 bits per heavy atom. The smallest absolute Gasteiger partial charge is 0.293 e. The fourth-order valence-corrected chi connectivity index (χ4v) is 2.41. The van der Waals surface area contributed by atoms with E-state index in [4.69, 9.17) is 9.78 Å². The molecule has 0 aliphatic rings. The molecule has 1 aromatic carbocycles. The second-order valence-electron chi connectivity index (χ2n) is 5.92. The average Bonchev–Trinajstić information content (AvgIpc) is 2.51. The zero-order valence-corrected chi connectivity index (χ0v) is 14.3. The van der Waals surface area contributed by atoms with Crippen molar-refractivity contribution in [2.75, 3.05) is 6.61 Å². The standard InChI is InChI=1S/C19H30O3/c1-4-5-6-7-8-9-10-11-15-21-22-19(20)18-14-12-13-16(2)17(18)3/h12-14H,4-11,15H2,1-3H3. The van der Waals surface area contributed by atoms with Crippen LogP contribution in [0, 0.1) is 13.8 Å². The summed E-state index contributed by atoms with van der Waals surface area (Å²) >= 11 is 0. The van der Waals surface area contributed by atoms with Crippen LogP contribution in [0.2, 0.25) is 0 Å². The summed E-state index contributed by atoms with van der Waals surface area (Å²) in [7, 11) is 0. The molecule has 1 aromatic rings. The molecule has 0 amide bonds. The molecule has 0 aromatic heterocycles. The van der Waals surface area contributed by atoms with Gasteiger partial charge in [-0.05, 0) is 37.5 Å². The van der Waals surface area contributed by atoms with Crippen molar-refractivity contribution < 1.29 is 14.6 Å². The molecule has 0 spiro atoms. The summed E-state index contributed by atoms with van der Waals surface area (Å²) in [5.74, 6) is -0.402. The Morgan fingerprint density at radius 1 is 0.955 bits per heavy atom. The molecule has 0 radical (unpaired) electrons. The molecule has 1 rings (SSSR count). The zero-order valence-electron chi connectivity index (χ0n) is 14.3. The number of rotatable bonds is 11. The second kappa shape index (κ2) is 11.2. The normalized spacial score (nSPS) is 10.7. The molecule has 0 saturated carbocycles. The topological polar surface area (TPSA) is 35.5 Å². The molecular formula is C19H30O3. The van der Waals surface area contributed by atoms with Crippen molar-refractivity contribution in [3.05, 3.63) is 34.9 Å². The Labute approximate surface area is 134 Å². The molecule has 0 heterocycles. The van der Waals surface area contributed by atoms with Crippen LogP contribution in [-0.4, -0.2) is 12.6 Å². The molecule has 0 N–H and O–H groups in total. The number of carbonyl (C=O) groups excluding carboxylic acids is 1. The predicted octanol–water partition coefficient (Wildman–Crippen LogP) is 5.53. The van der Waals surface area contributed by atoms with Gasteiger partial charge in [-0.1, -0.05) is 64.0 Å². The Balaban J connectivity index is 2.07. The van der Waals surface area contributed by atoms with Gasteiger partial charge in [0.2, 0.25) is 0 Å². The molecule has 3 heteroatoms. The third-order valence-electron chi connectivity index (χ3n) is 4.04. The first kappa shape index (κ1) is 18.7.